The molecule has 1 nitrogen and oxygen atoms in total. The number of alkyl halides is 1. The second kappa shape index (κ2) is 4.63. The van der Waals surface area contributed by atoms with Crippen LogP contribution in [0.2, 0.25) is 0 Å². The second-order valence-electron chi connectivity index (χ2n) is 4.84. The molecule has 1 rings (SSSR count). The summed E-state index contributed by atoms with van der Waals surface area (Å²) in [6.07, 6.45) is 1.00. The highest BCUT2D eigenvalue weighted by atomic mass is 35.5. The fraction of sp³-hybridized carbons (Fsp3) is 0.727. The van der Waals surface area contributed by atoms with Gasteiger partial charge in [0.25, 0.3) is 0 Å². The number of nitrogens with zero attached hydrogens (tertiary/aromatic N) is 1. The van der Waals surface area contributed by atoms with Crippen LogP contribution in [0.25, 0.3) is 0 Å². The van der Waals surface area contributed by atoms with Crippen molar-refractivity contribution in [3.8, 4) is 0 Å². The summed E-state index contributed by atoms with van der Waals surface area (Å²) in [6, 6.07) is 0. The van der Waals surface area contributed by atoms with E-state index in [1.807, 2.05) is 0 Å². The number of aromatic nitrogens is 1. The average molecular weight is 232 g/mol. The summed E-state index contributed by atoms with van der Waals surface area (Å²) in [6.45, 7) is 8.73. The quantitative estimate of drug-likeness (QED) is 0.720. The molecule has 0 aliphatic carbocycles. The molecule has 1 heterocycles. The molecular formula is C11H18ClNS. The third-order valence-electron chi connectivity index (χ3n) is 2.11. The predicted molar refractivity (Wildman–Crippen MR) is 64.4 cm³/mol. The normalized spacial score (nSPS) is 14.4. The van der Waals surface area contributed by atoms with Gasteiger partial charge in [-0.15, -0.1) is 22.9 Å². The molecule has 0 aromatic carbocycles. The Balaban J connectivity index is 2.69. The van der Waals surface area contributed by atoms with Gasteiger partial charge in [0.15, 0.2) is 0 Å². The van der Waals surface area contributed by atoms with E-state index in [-0.39, 0.29) is 5.41 Å². The highest BCUT2D eigenvalue weighted by Gasteiger charge is 2.17. The Bertz CT molecular complexity index is 288. The number of halogens is 1. The van der Waals surface area contributed by atoms with E-state index in [1.54, 1.807) is 11.3 Å². The Kier molecular flexibility index (Phi) is 3.96. The van der Waals surface area contributed by atoms with Crippen LogP contribution in [-0.2, 0) is 11.8 Å². The molecule has 0 amide bonds. The highest BCUT2D eigenvalue weighted by Crippen LogP contribution is 2.25. The Morgan fingerprint density at radius 3 is 2.57 bits per heavy atom. The first kappa shape index (κ1) is 12.0. The van der Waals surface area contributed by atoms with Crippen LogP contribution in [-0.4, -0.2) is 10.9 Å². The number of rotatable bonds is 3. The maximum absolute atomic E-state index is 5.78. The van der Waals surface area contributed by atoms with Gasteiger partial charge in [-0.05, 0) is 5.92 Å². The molecule has 0 radical (unpaired) electrons. The van der Waals surface area contributed by atoms with E-state index in [0.717, 1.165) is 6.42 Å². The molecule has 1 unspecified atom stereocenters. The minimum absolute atomic E-state index is 0.166. The molecule has 0 saturated carbocycles. The topological polar surface area (TPSA) is 12.9 Å². The zero-order valence-corrected chi connectivity index (χ0v) is 10.9. The smallest absolute Gasteiger partial charge is 0.0931 e. The maximum atomic E-state index is 5.78. The number of thiazole rings is 1. The van der Waals surface area contributed by atoms with Gasteiger partial charge in [0.05, 0.1) is 10.7 Å². The molecule has 0 aliphatic rings. The zero-order valence-electron chi connectivity index (χ0n) is 9.30. The third-order valence-corrected chi connectivity index (χ3v) is 3.50. The van der Waals surface area contributed by atoms with Crippen LogP contribution in [0.3, 0.4) is 0 Å². The first-order valence-corrected chi connectivity index (χ1v) is 6.35. The van der Waals surface area contributed by atoms with Gasteiger partial charge in [-0.25, -0.2) is 4.98 Å². The molecule has 1 atom stereocenters. The molecule has 80 valence electrons. The van der Waals surface area contributed by atoms with Crippen molar-refractivity contribution in [3.05, 3.63) is 16.1 Å². The molecule has 0 spiro atoms. The summed E-state index contributed by atoms with van der Waals surface area (Å²) in [5.74, 6) is 1.24. The van der Waals surface area contributed by atoms with Crippen molar-refractivity contribution in [3.63, 3.8) is 0 Å². The van der Waals surface area contributed by atoms with Crippen LogP contribution >= 0.6 is 22.9 Å². The lowest BCUT2D eigenvalue weighted by molar-refractivity contribution is 0.566. The lowest BCUT2D eigenvalue weighted by Gasteiger charge is -2.14. The predicted octanol–water partition coefficient (Wildman–Crippen LogP) is 3.86. The van der Waals surface area contributed by atoms with Crippen molar-refractivity contribution in [2.45, 2.75) is 39.5 Å². The molecule has 0 bridgehead atoms. The lowest BCUT2D eigenvalue weighted by atomic mass is 9.93. The van der Waals surface area contributed by atoms with Gasteiger partial charge in [0.2, 0.25) is 0 Å². The SMILES string of the molecule is CC(CCl)Cc1nc(C(C)(C)C)cs1. The molecule has 1 aromatic rings. The van der Waals surface area contributed by atoms with E-state index >= 15 is 0 Å². The van der Waals surface area contributed by atoms with E-state index in [2.05, 4.69) is 38.1 Å². The Morgan fingerprint density at radius 2 is 2.14 bits per heavy atom. The van der Waals surface area contributed by atoms with Crippen LogP contribution < -0.4 is 0 Å². The van der Waals surface area contributed by atoms with Crippen LogP contribution in [0.15, 0.2) is 5.38 Å². The molecular weight excluding hydrogens is 214 g/mol. The Hall–Kier alpha value is -0.0800. The summed E-state index contributed by atoms with van der Waals surface area (Å²) in [5, 5.41) is 3.37. The first-order valence-electron chi connectivity index (χ1n) is 4.94. The number of hydrogen-bond acceptors (Lipinski definition) is 2. The van der Waals surface area contributed by atoms with Gasteiger partial charge < -0.3 is 0 Å². The second-order valence-corrected chi connectivity index (χ2v) is 6.09. The molecule has 0 N–H and O–H groups in total. The van der Waals surface area contributed by atoms with Crippen LogP contribution in [0.4, 0.5) is 0 Å². The van der Waals surface area contributed by atoms with Crippen molar-refractivity contribution in [2.75, 3.05) is 5.88 Å². The Morgan fingerprint density at radius 1 is 1.50 bits per heavy atom. The highest BCUT2D eigenvalue weighted by molar-refractivity contribution is 7.09. The van der Waals surface area contributed by atoms with Gasteiger partial charge in [0, 0.05) is 23.1 Å². The van der Waals surface area contributed by atoms with Crippen LogP contribution in [0.5, 0.6) is 0 Å². The van der Waals surface area contributed by atoms with E-state index in [1.165, 1.54) is 10.7 Å². The van der Waals surface area contributed by atoms with E-state index in [9.17, 15) is 0 Å². The zero-order chi connectivity index (χ0) is 10.8. The molecule has 0 fully saturated rings. The largest absolute Gasteiger partial charge is 0.246 e. The van der Waals surface area contributed by atoms with E-state index in [0.29, 0.717) is 11.8 Å². The van der Waals surface area contributed by atoms with Crippen molar-refractivity contribution in [1.29, 1.82) is 0 Å². The summed E-state index contributed by atoms with van der Waals surface area (Å²) >= 11 is 7.53. The molecule has 0 aliphatic heterocycles. The molecule has 0 saturated heterocycles. The third kappa shape index (κ3) is 3.25. The minimum Gasteiger partial charge on any atom is -0.246 e. The van der Waals surface area contributed by atoms with Crippen LogP contribution in [0, 0.1) is 5.92 Å². The number of hydrogen-bond donors (Lipinski definition) is 0. The van der Waals surface area contributed by atoms with E-state index < -0.39 is 0 Å². The van der Waals surface area contributed by atoms with Gasteiger partial charge >= 0.3 is 0 Å². The lowest BCUT2D eigenvalue weighted by Crippen LogP contribution is -2.12. The molecule has 3 heteroatoms. The van der Waals surface area contributed by atoms with Crippen molar-refractivity contribution >= 4 is 22.9 Å². The van der Waals surface area contributed by atoms with Crippen LogP contribution in [0.1, 0.15) is 38.4 Å². The monoisotopic (exact) mass is 231 g/mol. The summed E-state index contributed by atoms with van der Waals surface area (Å²) in [4.78, 5) is 4.63. The summed E-state index contributed by atoms with van der Waals surface area (Å²) in [7, 11) is 0. The standard InChI is InChI=1S/C11H18ClNS/c1-8(6-12)5-10-13-9(7-14-10)11(2,3)4/h7-8H,5-6H2,1-4H3. The fourth-order valence-corrected chi connectivity index (χ4v) is 2.40. The maximum Gasteiger partial charge on any atom is 0.0931 e. The van der Waals surface area contributed by atoms with Gasteiger partial charge in [-0.1, -0.05) is 27.7 Å². The van der Waals surface area contributed by atoms with Gasteiger partial charge in [-0.2, -0.15) is 0 Å². The minimum atomic E-state index is 0.166. The van der Waals surface area contributed by atoms with Crippen molar-refractivity contribution in [1.82, 2.24) is 4.98 Å². The summed E-state index contributed by atoms with van der Waals surface area (Å²) in [5.41, 5.74) is 1.36. The van der Waals surface area contributed by atoms with Crippen molar-refractivity contribution in [2.24, 2.45) is 5.92 Å². The summed E-state index contributed by atoms with van der Waals surface area (Å²) < 4.78 is 0. The van der Waals surface area contributed by atoms with Gasteiger partial charge in [-0.3, -0.25) is 0 Å². The van der Waals surface area contributed by atoms with Crippen molar-refractivity contribution < 1.29 is 0 Å². The van der Waals surface area contributed by atoms with E-state index in [4.69, 9.17) is 11.6 Å². The molecule has 14 heavy (non-hydrogen) atoms. The Labute approximate surface area is 95.5 Å². The average Bonchev–Trinajstić information content (AvgIpc) is 2.51. The first-order chi connectivity index (χ1) is 6.43. The molecule has 1 aromatic heterocycles. The fourth-order valence-electron chi connectivity index (χ4n) is 1.10. The van der Waals surface area contributed by atoms with Gasteiger partial charge in [0.1, 0.15) is 0 Å².